The minimum Gasteiger partial charge on any atom is -0.390 e. The van der Waals surface area contributed by atoms with Crippen LogP contribution < -0.4 is 5.32 Å². The van der Waals surface area contributed by atoms with Gasteiger partial charge in [0.15, 0.2) is 0 Å². The van der Waals surface area contributed by atoms with Gasteiger partial charge < -0.3 is 15.2 Å². The Kier molecular flexibility index (Phi) is 3.07. The zero-order valence-corrected chi connectivity index (χ0v) is 8.94. The van der Waals surface area contributed by atoms with Crippen LogP contribution in [-0.2, 0) is 4.74 Å². The van der Waals surface area contributed by atoms with Crippen molar-refractivity contribution in [3.8, 4) is 0 Å². The summed E-state index contributed by atoms with van der Waals surface area (Å²) in [4.78, 5) is 2.28. The molecule has 0 spiro atoms. The van der Waals surface area contributed by atoms with Gasteiger partial charge in [-0.05, 0) is 20.4 Å². The first-order valence-corrected chi connectivity index (χ1v) is 5.42. The fourth-order valence-corrected chi connectivity index (χ4v) is 2.57. The molecular formula is C10H20N2O2. The van der Waals surface area contributed by atoms with Crippen molar-refractivity contribution in [1.82, 2.24) is 10.2 Å². The van der Waals surface area contributed by atoms with E-state index in [4.69, 9.17) is 4.74 Å². The van der Waals surface area contributed by atoms with Gasteiger partial charge in [0, 0.05) is 31.8 Å². The molecule has 4 unspecified atom stereocenters. The summed E-state index contributed by atoms with van der Waals surface area (Å²) in [5, 5.41) is 13.0. The summed E-state index contributed by atoms with van der Waals surface area (Å²) >= 11 is 0. The van der Waals surface area contributed by atoms with Crippen molar-refractivity contribution in [2.75, 3.05) is 26.7 Å². The molecule has 0 radical (unpaired) electrons. The van der Waals surface area contributed by atoms with E-state index in [-0.39, 0.29) is 12.1 Å². The summed E-state index contributed by atoms with van der Waals surface area (Å²) in [6.45, 7) is 4.58. The number of hydrogen-bond donors (Lipinski definition) is 2. The zero-order valence-electron chi connectivity index (χ0n) is 8.94. The predicted octanol–water partition coefficient (Wildman–Crippen LogP) is -0.572. The zero-order chi connectivity index (χ0) is 10.1. The quantitative estimate of drug-likeness (QED) is 0.626. The smallest absolute Gasteiger partial charge is 0.0831 e. The fraction of sp³-hybridized carbons (Fsp3) is 1.00. The van der Waals surface area contributed by atoms with Crippen molar-refractivity contribution in [1.29, 1.82) is 0 Å². The lowest BCUT2D eigenvalue weighted by atomic mass is 10.1. The van der Waals surface area contributed by atoms with Crippen LogP contribution in [0.5, 0.6) is 0 Å². The number of nitrogens with zero attached hydrogens (tertiary/aromatic N) is 1. The molecule has 0 aromatic rings. The molecule has 4 heteroatoms. The van der Waals surface area contributed by atoms with Crippen molar-refractivity contribution in [2.24, 2.45) is 0 Å². The molecular weight excluding hydrogens is 180 g/mol. The molecule has 0 aromatic heterocycles. The van der Waals surface area contributed by atoms with Crippen LogP contribution in [0.25, 0.3) is 0 Å². The summed E-state index contributed by atoms with van der Waals surface area (Å²) in [6.07, 6.45) is 1.15. The molecule has 2 fully saturated rings. The minimum atomic E-state index is -0.229. The number of ether oxygens (including phenoxy) is 1. The number of nitrogens with one attached hydrogen (secondary N) is 1. The summed E-state index contributed by atoms with van der Waals surface area (Å²) in [5.74, 6) is 0. The molecule has 4 nitrogen and oxygen atoms in total. The highest BCUT2D eigenvalue weighted by Gasteiger charge is 2.36. The third kappa shape index (κ3) is 1.80. The minimum absolute atomic E-state index is 0.229. The molecule has 2 heterocycles. The monoisotopic (exact) mass is 200 g/mol. The van der Waals surface area contributed by atoms with Crippen LogP contribution in [0.4, 0.5) is 0 Å². The van der Waals surface area contributed by atoms with E-state index < -0.39 is 0 Å². The van der Waals surface area contributed by atoms with Gasteiger partial charge in [-0.25, -0.2) is 0 Å². The Hall–Kier alpha value is -0.160. The van der Waals surface area contributed by atoms with Crippen LogP contribution in [0, 0.1) is 0 Å². The second kappa shape index (κ2) is 4.14. The first-order valence-electron chi connectivity index (χ1n) is 5.42. The average molecular weight is 200 g/mol. The molecule has 0 saturated carbocycles. The molecule has 4 atom stereocenters. The second-order valence-electron chi connectivity index (χ2n) is 4.39. The lowest BCUT2D eigenvalue weighted by molar-refractivity contribution is 0.0367. The molecule has 2 saturated heterocycles. The molecule has 2 rings (SSSR count). The average Bonchev–Trinajstić information content (AvgIpc) is 2.73. The molecule has 14 heavy (non-hydrogen) atoms. The number of hydrogen-bond acceptors (Lipinski definition) is 4. The first kappa shape index (κ1) is 10.4. The Balaban J connectivity index is 1.96. The summed E-state index contributed by atoms with van der Waals surface area (Å²) in [7, 11) is 2.09. The van der Waals surface area contributed by atoms with Gasteiger partial charge in [0.05, 0.1) is 12.2 Å². The van der Waals surface area contributed by atoms with Gasteiger partial charge in [-0.15, -0.1) is 0 Å². The van der Waals surface area contributed by atoms with E-state index in [9.17, 15) is 5.11 Å². The van der Waals surface area contributed by atoms with Gasteiger partial charge in [0.25, 0.3) is 0 Å². The predicted molar refractivity (Wildman–Crippen MR) is 54.2 cm³/mol. The third-order valence-electron chi connectivity index (χ3n) is 3.53. The Morgan fingerprint density at radius 1 is 1.36 bits per heavy atom. The molecule has 82 valence electrons. The molecule has 2 aliphatic heterocycles. The van der Waals surface area contributed by atoms with Crippen molar-refractivity contribution in [2.45, 2.75) is 37.6 Å². The molecule has 0 aliphatic carbocycles. The lowest BCUT2D eigenvalue weighted by Gasteiger charge is -2.33. The van der Waals surface area contributed by atoms with E-state index in [2.05, 4.69) is 24.2 Å². The van der Waals surface area contributed by atoms with E-state index in [1.54, 1.807) is 0 Å². The van der Waals surface area contributed by atoms with E-state index in [0.717, 1.165) is 26.1 Å². The Morgan fingerprint density at radius 3 is 2.64 bits per heavy atom. The molecule has 0 amide bonds. The fourth-order valence-electron chi connectivity index (χ4n) is 2.57. The molecule has 0 bridgehead atoms. The lowest BCUT2D eigenvalue weighted by Crippen LogP contribution is -2.48. The van der Waals surface area contributed by atoms with Crippen molar-refractivity contribution in [3.05, 3.63) is 0 Å². The highest BCUT2D eigenvalue weighted by atomic mass is 16.5. The number of likely N-dealkylation sites (N-methyl/N-ethyl adjacent to an activating group) is 1. The van der Waals surface area contributed by atoms with Crippen LogP contribution in [-0.4, -0.2) is 61.0 Å². The maximum Gasteiger partial charge on any atom is 0.0831 e. The highest BCUT2D eigenvalue weighted by molar-refractivity contribution is 4.92. The van der Waals surface area contributed by atoms with E-state index in [1.165, 1.54) is 0 Å². The second-order valence-corrected chi connectivity index (χ2v) is 4.39. The summed E-state index contributed by atoms with van der Waals surface area (Å²) < 4.78 is 5.54. The van der Waals surface area contributed by atoms with Gasteiger partial charge >= 0.3 is 0 Å². The van der Waals surface area contributed by atoms with E-state index >= 15 is 0 Å². The van der Waals surface area contributed by atoms with Gasteiger partial charge in [-0.1, -0.05) is 0 Å². The molecule has 2 N–H and O–H groups in total. The summed E-state index contributed by atoms with van der Waals surface area (Å²) in [6, 6.07) is 0.721. The molecule has 0 aromatic carbocycles. The van der Waals surface area contributed by atoms with Gasteiger partial charge in [0.2, 0.25) is 0 Å². The van der Waals surface area contributed by atoms with Crippen molar-refractivity contribution < 1.29 is 9.84 Å². The SMILES string of the molecule is CC1OCCC1N(C)C1CNCC1O. The topological polar surface area (TPSA) is 44.7 Å². The Morgan fingerprint density at radius 2 is 2.14 bits per heavy atom. The molecule has 2 aliphatic rings. The van der Waals surface area contributed by atoms with Crippen LogP contribution >= 0.6 is 0 Å². The van der Waals surface area contributed by atoms with Crippen LogP contribution in [0.15, 0.2) is 0 Å². The third-order valence-corrected chi connectivity index (χ3v) is 3.53. The van der Waals surface area contributed by atoms with Crippen LogP contribution in [0.1, 0.15) is 13.3 Å². The van der Waals surface area contributed by atoms with Gasteiger partial charge in [-0.3, -0.25) is 4.90 Å². The number of aliphatic hydroxyl groups excluding tert-OH is 1. The van der Waals surface area contributed by atoms with Crippen molar-refractivity contribution in [3.63, 3.8) is 0 Å². The number of rotatable bonds is 2. The Labute approximate surface area is 85.2 Å². The van der Waals surface area contributed by atoms with Crippen LogP contribution in [0.2, 0.25) is 0 Å². The maximum absolute atomic E-state index is 9.76. The van der Waals surface area contributed by atoms with Crippen molar-refractivity contribution >= 4 is 0 Å². The van der Waals surface area contributed by atoms with E-state index in [0.29, 0.717) is 12.1 Å². The standard InChI is InChI=1S/C10H20N2O2/c1-7-8(3-4-14-7)12(2)9-5-11-6-10(9)13/h7-11,13H,3-6H2,1-2H3. The Bertz CT molecular complexity index is 181. The first-order chi connectivity index (χ1) is 6.70. The number of aliphatic hydroxyl groups is 1. The van der Waals surface area contributed by atoms with Gasteiger partial charge in [0.1, 0.15) is 0 Å². The van der Waals surface area contributed by atoms with Crippen LogP contribution in [0.3, 0.4) is 0 Å². The van der Waals surface area contributed by atoms with E-state index in [1.807, 2.05) is 0 Å². The maximum atomic E-state index is 9.76. The number of β-amino-alcohol motifs (C(OH)–C–C–N with tert-alkyl or cyclic N) is 1. The normalized spacial score (nSPS) is 43.7. The highest BCUT2D eigenvalue weighted by Crippen LogP contribution is 2.22. The largest absolute Gasteiger partial charge is 0.390 e. The summed E-state index contributed by atoms with van der Waals surface area (Å²) in [5.41, 5.74) is 0. The van der Waals surface area contributed by atoms with Gasteiger partial charge in [-0.2, -0.15) is 0 Å².